The standard InChI is InChI=1S/C13H9Cl2FO/c1-17-13-7-11(16)2-3-12(13)8-4-9(14)6-10(15)5-8/h2-7H,1H3. The fourth-order valence-corrected chi connectivity index (χ4v) is 2.14. The number of hydrogen-bond acceptors (Lipinski definition) is 1. The highest BCUT2D eigenvalue weighted by atomic mass is 35.5. The second-order valence-corrected chi connectivity index (χ2v) is 4.38. The third-order valence-corrected chi connectivity index (χ3v) is 2.77. The van der Waals surface area contributed by atoms with Crippen LogP contribution in [0.3, 0.4) is 0 Å². The molecule has 0 atom stereocenters. The molecule has 0 N–H and O–H groups in total. The Hall–Kier alpha value is -1.25. The summed E-state index contributed by atoms with van der Waals surface area (Å²) in [6.45, 7) is 0. The molecule has 88 valence electrons. The Balaban J connectivity index is 2.59. The minimum atomic E-state index is -0.348. The molecule has 0 aliphatic heterocycles. The smallest absolute Gasteiger partial charge is 0.129 e. The van der Waals surface area contributed by atoms with Crippen molar-refractivity contribution in [1.29, 1.82) is 0 Å². The maximum absolute atomic E-state index is 13.1. The van der Waals surface area contributed by atoms with Gasteiger partial charge in [0.15, 0.2) is 0 Å². The van der Waals surface area contributed by atoms with Gasteiger partial charge in [0.05, 0.1) is 7.11 Å². The van der Waals surface area contributed by atoms with E-state index in [0.29, 0.717) is 15.8 Å². The number of methoxy groups -OCH3 is 1. The summed E-state index contributed by atoms with van der Waals surface area (Å²) in [6.07, 6.45) is 0. The van der Waals surface area contributed by atoms with Crippen molar-refractivity contribution in [3.05, 3.63) is 52.3 Å². The minimum Gasteiger partial charge on any atom is -0.496 e. The van der Waals surface area contributed by atoms with Crippen LogP contribution in [0.2, 0.25) is 10.0 Å². The predicted octanol–water partition coefficient (Wildman–Crippen LogP) is 4.81. The van der Waals surface area contributed by atoms with Crippen molar-refractivity contribution >= 4 is 23.2 Å². The van der Waals surface area contributed by atoms with Gasteiger partial charge in [0.2, 0.25) is 0 Å². The quantitative estimate of drug-likeness (QED) is 0.761. The van der Waals surface area contributed by atoms with Gasteiger partial charge in [-0.25, -0.2) is 4.39 Å². The van der Waals surface area contributed by atoms with E-state index in [1.165, 1.54) is 19.2 Å². The average Bonchev–Trinajstić information content (AvgIpc) is 2.27. The van der Waals surface area contributed by atoms with Gasteiger partial charge >= 0.3 is 0 Å². The number of ether oxygens (including phenoxy) is 1. The van der Waals surface area contributed by atoms with E-state index in [1.54, 1.807) is 24.3 Å². The van der Waals surface area contributed by atoms with Crippen molar-refractivity contribution in [3.63, 3.8) is 0 Å². The molecule has 0 spiro atoms. The molecule has 0 fully saturated rings. The van der Waals surface area contributed by atoms with Crippen LogP contribution in [-0.4, -0.2) is 7.11 Å². The summed E-state index contributed by atoms with van der Waals surface area (Å²) in [5.74, 6) is 0.0991. The number of rotatable bonds is 2. The van der Waals surface area contributed by atoms with Crippen molar-refractivity contribution in [2.24, 2.45) is 0 Å². The van der Waals surface area contributed by atoms with Crippen molar-refractivity contribution in [3.8, 4) is 16.9 Å². The molecule has 0 amide bonds. The van der Waals surface area contributed by atoms with E-state index in [-0.39, 0.29) is 5.82 Å². The first kappa shape index (κ1) is 12.2. The van der Waals surface area contributed by atoms with Gasteiger partial charge < -0.3 is 4.74 Å². The lowest BCUT2D eigenvalue weighted by Gasteiger charge is -2.09. The zero-order valence-corrected chi connectivity index (χ0v) is 10.5. The van der Waals surface area contributed by atoms with Gasteiger partial charge in [-0.05, 0) is 35.9 Å². The van der Waals surface area contributed by atoms with Crippen LogP contribution in [0.25, 0.3) is 11.1 Å². The monoisotopic (exact) mass is 270 g/mol. The van der Waals surface area contributed by atoms with Crippen molar-refractivity contribution in [2.45, 2.75) is 0 Å². The third kappa shape index (κ3) is 2.71. The molecule has 0 aliphatic carbocycles. The zero-order chi connectivity index (χ0) is 12.4. The van der Waals surface area contributed by atoms with Crippen LogP contribution in [-0.2, 0) is 0 Å². The van der Waals surface area contributed by atoms with Gasteiger partial charge in [0.25, 0.3) is 0 Å². The minimum absolute atomic E-state index is 0.348. The van der Waals surface area contributed by atoms with E-state index in [0.717, 1.165) is 11.1 Å². The molecule has 2 aromatic rings. The molecule has 0 aromatic heterocycles. The Morgan fingerprint density at radius 2 is 1.65 bits per heavy atom. The highest BCUT2D eigenvalue weighted by Crippen LogP contribution is 2.33. The largest absolute Gasteiger partial charge is 0.496 e. The summed E-state index contributed by atoms with van der Waals surface area (Å²) in [6, 6.07) is 9.47. The van der Waals surface area contributed by atoms with Crippen molar-refractivity contribution < 1.29 is 9.13 Å². The summed E-state index contributed by atoms with van der Waals surface area (Å²) in [4.78, 5) is 0. The molecule has 0 saturated carbocycles. The Morgan fingerprint density at radius 1 is 1.00 bits per heavy atom. The molecule has 0 radical (unpaired) electrons. The van der Waals surface area contributed by atoms with Crippen LogP contribution < -0.4 is 4.74 Å². The highest BCUT2D eigenvalue weighted by Gasteiger charge is 2.08. The SMILES string of the molecule is COc1cc(F)ccc1-c1cc(Cl)cc(Cl)c1. The van der Waals surface area contributed by atoms with E-state index >= 15 is 0 Å². The van der Waals surface area contributed by atoms with Gasteiger partial charge in [0, 0.05) is 21.7 Å². The first-order valence-corrected chi connectivity index (χ1v) is 5.66. The Bertz CT molecular complexity index is 535. The molecule has 17 heavy (non-hydrogen) atoms. The fourth-order valence-electron chi connectivity index (χ4n) is 1.61. The molecule has 1 nitrogen and oxygen atoms in total. The maximum Gasteiger partial charge on any atom is 0.129 e. The topological polar surface area (TPSA) is 9.23 Å². The van der Waals surface area contributed by atoms with E-state index in [4.69, 9.17) is 27.9 Å². The van der Waals surface area contributed by atoms with E-state index in [9.17, 15) is 4.39 Å². The molecule has 0 saturated heterocycles. The summed E-state index contributed by atoms with van der Waals surface area (Å²) in [7, 11) is 1.49. The van der Waals surface area contributed by atoms with E-state index in [2.05, 4.69) is 0 Å². The lowest BCUT2D eigenvalue weighted by atomic mass is 10.0. The molecule has 0 aliphatic rings. The normalized spacial score (nSPS) is 10.4. The fraction of sp³-hybridized carbons (Fsp3) is 0.0769. The summed E-state index contributed by atoms with van der Waals surface area (Å²) in [5, 5.41) is 1.05. The predicted molar refractivity (Wildman–Crippen MR) is 68.4 cm³/mol. The molecule has 4 heteroatoms. The molecule has 0 heterocycles. The summed E-state index contributed by atoms with van der Waals surface area (Å²) >= 11 is 11.9. The summed E-state index contributed by atoms with van der Waals surface area (Å²) < 4.78 is 18.2. The number of hydrogen-bond donors (Lipinski definition) is 0. The molecular weight excluding hydrogens is 262 g/mol. The maximum atomic E-state index is 13.1. The van der Waals surface area contributed by atoms with Crippen LogP contribution in [0.15, 0.2) is 36.4 Å². The van der Waals surface area contributed by atoms with Crippen molar-refractivity contribution in [2.75, 3.05) is 7.11 Å². The number of benzene rings is 2. The molecule has 0 unspecified atom stereocenters. The van der Waals surface area contributed by atoms with Crippen LogP contribution >= 0.6 is 23.2 Å². The third-order valence-electron chi connectivity index (χ3n) is 2.34. The number of halogens is 3. The van der Waals surface area contributed by atoms with Crippen LogP contribution in [0, 0.1) is 5.82 Å². The van der Waals surface area contributed by atoms with Crippen molar-refractivity contribution in [1.82, 2.24) is 0 Å². The van der Waals surface area contributed by atoms with E-state index < -0.39 is 0 Å². The first-order valence-electron chi connectivity index (χ1n) is 4.90. The first-order chi connectivity index (χ1) is 8.10. The van der Waals surface area contributed by atoms with Crippen LogP contribution in [0.5, 0.6) is 5.75 Å². The lowest BCUT2D eigenvalue weighted by molar-refractivity contribution is 0.413. The highest BCUT2D eigenvalue weighted by molar-refractivity contribution is 6.35. The second kappa shape index (κ2) is 4.94. The zero-order valence-electron chi connectivity index (χ0n) is 9.01. The van der Waals surface area contributed by atoms with Gasteiger partial charge in [-0.3, -0.25) is 0 Å². The molecule has 2 rings (SSSR count). The van der Waals surface area contributed by atoms with E-state index in [1.807, 2.05) is 0 Å². The van der Waals surface area contributed by atoms with Gasteiger partial charge in [0.1, 0.15) is 11.6 Å². The summed E-state index contributed by atoms with van der Waals surface area (Å²) in [5.41, 5.74) is 1.54. The molecule has 0 bridgehead atoms. The lowest BCUT2D eigenvalue weighted by Crippen LogP contribution is -1.89. The Labute approximate surface area is 109 Å². The second-order valence-electron chi connectivity index (χ2n) is 3.50. The van der Waals surface area contributed by atoms with Gasteiger partial charge in [-0.2, -0.15) is 0 Å². The Morgan fingerprint density at radius 3 is 2.24 bits per heavy atom. The molecule has 2 aromatic carbocycles. The van der Waals surface area contributed by atoms with Crippen LogP contribution in [0.4, 0.5) is 4.39 Å². The average molecular weight is 271 g/mol. The van der Waals surface area contributed by atoms with Gasteiger partial charge in [-0.15, -0.1) is 0 Å². The molecular formula is C13H9Cl2FO. The van der Waals surface area contributed by atoms with Crippen LogP contribution in [0.1, 0.15) is 0 Å². The Kier molecular flexibility index (Phi) is 3.55. The van der Waals surface area contributed by atoms with Gasteiger partial charge in [-0.1, -0.05) is 23.2 Å².